The summed E-state index contributed by atoms with van der Waals surface area (Å²) in [6.45, 7) is 0. The summed E-state index contributed by atoms with van der Waals surface area (Å²) in [6, 6.07) is 0. The van der Waals surface area contributed by atoms with Crippen LogP contribution >= 0.6 is 0 Å². The van der Waals surface area contributed by atoms with Gasteiger partial charge in [0.25, 0.3) is 0 Å². The van der Waals surface area contributed by atoms with Crippen LogP contribution in [0, 0.1) is 11.8 Å². The summed E-state index contributed by atoms with van der Waals surface area (Å²) in [5, 5.41) is 0. The lowest BCUT2D eigenvalue weighted by Crippen LogP contribution is -2.09. The van der Waals surface area contributed by atoms with Gasteiger partial charge in [0.1, 0.15) is 24.7 Å². The van der Waals surface area contributed by atoms with E-state index in [1.165, 1.54) is 0 Å². The minimum atomic E-state index is -1.84. The predicted octanol–water partition coefficient (Wildman–Crippen LogP) is 1.17. The number of hydrogen-bond acceptors (Lipinski definition) is 1. The summed E-state index contributed by atoms with van der Waals surface area (Å²) in [5.74, 6) is -3.72. The molecule has 68 valence electrons. The molecule has 2 aliphatic rings. The van der Waals surface area contributed by atoms with Crippen LogP contribution < -0.4 is 0 Å². The van der Waals surface area contributed by atoms with Gasteiger partial charge in [0.15, 0.2) is 5.78 Å². The van der Waals surface area contributed by atoms with Crippen LogP contribution in [0.3, 0.4) is 0 Å². The molecule has 12 heavy (non-hydrogen) atoms. The van der Waals surface area contributed by atoms with Gasteiger partial charge in [-0.15, -0.1) is 0 Å². The largest absolute Gasteiger partial charge is 0.299 e. The maximum Gasteiger partial charge on any atom is 0.151 e. The molecule has 0 aromatic rings. The molecular weight excluding hydrogens is 176 g/mol. The monoisotopic (exact) mass is 182 g/mol. The van der Waals surface area contributed by atoms with Crippen LogP contribution in [0.1, 0.15) is 0 Å². The predicted molar refractivity (Wildman–Crippen MR) is 31.6 cm³/mol. The van der Waals surface area contributed by atoms with Gasteiger partial charge in [-0.2, -0.15) is 0 Å². The molecule has 0 aromatic carbocycles. The average Bonchev–Trinajstić information content (AvgIpc) is 2.78. The molecule has 0 radical (unpaired) electrons. The molecule has 0 N–H and O–H groups in total. The standard InChI is InChI=1S/C7H6F4O/c8-3-1(4(3)9)7(12)2-5(10)6(2)11/h1-6H. The second kappa shape index (κ2) is 2.20. The van der Waals surface area contributed by atoms with Crippen molar-refractivity contribution < 1.29 is 22.4 Å². The van der Waals surface area contributed by atoms with Crippen LogP contribution in [0.5, 0.6) is 0 Å². The molecule has 4 atom stereocenters. The van der Waals surface area contributed by atoms with Crippen molar-refractivity contribution in [3.63, 3.8) is 0 Å². The maximum atomic E-state index is 12.2. The summed E-state index contributed by atoms with van der Waals surface area (Å²) < 4.78 is 48.9. The van der Waals surface area contributed by atoms with E-state index < -0.39 is 42.3 Å². The highest BCUT2D eigenvalue weighted by Gasteiger charge is 2.66. The van der Waals surface area contributed by atoms with Crippen LogP contribution in [0.2, 0.25) is 0 Å². The topological polar surface area (TPSA) is 17.1 Å². The molecule has 0 saturated heterocycles. The summed E-state index contributed by atoms with van der Waals surface area (Å²) in [6.07, 6.45) is -7.34. The number of halogens is 4. The van der Waals surface area contributed by atoms with E-state index in [9.17, 15) is 22.4 Å². The molecule has 2 saturated carbocycles. The Balaban J connectivity index is 1.95. The first kappa shape index (κ1) is 8.01. The van der Waals surface area contributed by atoms with Gasteiger partial charge >= 0.3 is 0 Å². The third kappa shape index (κ3) is 0.881. The van der Waals surface area contributed by atoms with Crippen molar-refractivity contribution in [1.29, 1.82) is 0 Å². The Morgan fingerprint density at radius 2 is 1.00 bits per heavy atom. The zero-order chi connectivity index (χ0) is 9.04. The summed E-state index contributed by atoms with van der Waals surface area (Å²) in [5.41, 5.74) is 0. The lowest BCUT2D eigenvalue weighted by molar-refractivity contribution is -0.122. The van der Waals surface area contributed by atoms with E-state index in [1.807, 2.05) is 0 Å². The van der Waals surface area contributed by atoms with E-state index in [2.05, 4.69) is 0 Å². The van der Waals surface area contributed by atoms with Crippen molar-refractivity contribution in [3.05, 3.63) is 0 Å². The molecule has 2 aliphatic carbocycles. The van der Waals surface area contributed by atoms with Crippen molar-refractivity contribution in [1.82, 2.24) is 0 Å². The fourth-order valence-corrected chi connectivity index (χ4v) is 1.33. The van der Waals surface area contributed by atoms with Crippen LogP contribution in [-0.2, 0) is 4.79 Å². The third-order valence-electron chi connectivity index (χ3n) is 2.36. The second-order valence-corrected chi connectivity index (χ2v) is 3.23. The summed E-state index contributed by atoms with van der Waals surface area (Å²) in [7, 11) is 0. The molecule has 1 nitrogen and oxygen atoms in total. The molecule has 0 spiro atoms. The lowest BCUT2D eigenvalue weighted by Gasteiger charge is -1.89. The van der Waals surface area contributed by atoms with Gasteiger partial charge in [0.2, 0.25) is 0 Å². The van der Waals surface area contributed by atoms with Gasteiger partial charge in [-0.1, -0.05) is 0 Å². The molecular formula is C7H6F4O. The highest BCUT2D eigenvalue weighted by atomic mass is 19.2. The first-order valence-corrected chi connectivity index (χ1v) is 3.65. The summed E-state index contributed by atoms with van der Waals surface area (Å²) in [4.78, 5) is 10.8. The highest BCUT2D eigenvalue weighted by Crippen LogP contribution is 2.48. The molecule has 5 heteroatoms. The molecule has 2 rings (SSSR count). The van der Waals surface area contributed by atoms with Crippen molar-refractivity contribution in [2.45, 2.75) is 24.7 Å². The van der Waals surface area contributed by atoms with Crippen LogP contribution in [0.4, 0.5) is 17.6 Å². The number of rotatable bonds is 2. The Labute approximate surface area is 65.7 Å². The number of alkyl halides is 4. The normalized spacial score (nSPS) is 56.7. The Morgan fingerprint density at radius 1 is 0.750 bits per heavy atom. The van der Waals surface area contributed by atoms with Gasteiger partial charge in [-0.05, 0) is 0 Å². The Kier molecular flexibility index (Phi) is 1.47. The van der Waals surface area contributed by atoms with Gasteiger partial charge in [-0.3, -0.25) is 4.79 Å². The van der Waals surface area contributed by atoms with Crippen molar-refractivity contribution in [2.75, 3.05) is 0 Å². The molecule has 0 heterocycles. The zero-order valence-electron chi connectivity index (χ0n) is 5.88. The minimum absolute atomic E-state index is 0.935. The quantitative estimate of drug-likeness (QED) is 0.586. The number of Topliss-reactive ketones (excluding diaryl/α,β-unsaturated/α-hetero) is 1. The zero-order valence-corrected chi connectivity index (χ0v) is 5.88. The number of carbonyl (C=O) groups excluding carboxylic acids is 1. The first-order valence-electron chi connectivity index (χ1n) is 3.65. The molecule has 2 fully saturated rings. The van der Waals surface area contributed by atoms with Crippen molar-refractivity contribution >= 4 is 5.78 Å². The van der Waals surface area contributed by atoms with Crippen LogP contribution in [0.25, 0.3) is 0 Å². The number of hydrogen-bond donors (Lipinski definition) is 0. The highest BCUT2D eigenvalue weighted by molar-refractivity contribution is 5.91. The number of carbonyl (C=O) groups is 1. The van der Waals surface area contributed by atoms with Gasteiger partial charge in [0.05, 0.1) is 11.8 Å². The van der Waals surface area contributed by atoms with Crippen molar-refractivity contribution in [3.8, 4) is 0 Å². The lowest BCUT2D eigenvalue weighted by atomic mass is 10.2. The van der Waals surface area contributed by atoms with Gasteiger partial charge < -0.3 is 0 Å². The average molecular weight is 182 g/mol. The molecule has 0 bridgehead atoms. The fraction of sp³-hybridized carbons (Fsp3) is 0.857. The minimum Gasteiger partial charge on any atom is -0.299 e. The van der Waals surface area contributed by atoms with Gasteiger partial charge in [0, 0.05) is 0 Å². The third-order valence-corrected chi connectivity index (χ3v) is 2.36. The summed E-state index contributed by atoms with van der Waals surface area (Å²) >= 11 is 0. The molecule has 0 aliphatic heterocycles. The van der Waals surface area contributed by atoms with E-state index in [-0.39, 0.29) is 0 Å². The molecule has 0 amide bonds. The van der Waals surface area contributed by atoms with E-state index in [0.717, 1.165) is 0 Å². The SMILES string of the molecule is O=C(C1C(F)C1F)C1C(F)C1F. The Morgan fingerprint density at radius 3 is 1.17 bits per heavy atom. The number of ketones is 1. The first-order chi connectivity index (χ1) is 5.55. The Bertz CT molecular complexity index is 193. The maximum absolute atomic E-state index is 12.2. The van der Waals surface area contributed by atoms with Gasteiger partial charge in [-0.25, -0.2) is 17.6 Å². The smallest absolute Gasteiger partial charge is 0.151 e. The van der Waals surface area contributed by atoms with Crippen LogP contribution in [-0.4, -0.2) is 30.5 Å². The fourth-order valence-electron chi connectivity index (χ4n) is 1.33. The second-order valence-electron chi connectivity index (χ2n) is 3.23. The van der Waals surface area contributed by atoms with E-state index in [1.54, 1.807) is 0 Å². The van der Waals surface area contributed by atoms with E-state index in [0.29, 0.717) is 0 Å². The Hall–Kier alpha value is -0.610. The van der Waals surface area contributed by atoms with E-state index >= 15 is 0 Å². The van der Waals surface area contributed by atoms with Crippen LogP contribution in [0.15, 0.2) is 0 Å². The van der Waals surface area contributed by atoms with E-state index in [4.69, 9.17) is 0 Å². The molecule has 0 aromatic heterocycles. The molecule has 4 unspecified atom stereocenters. The van der Waals surface area contributed by atoms with Crippen molar-refractivity contribution in [2.24, 2.45) is 11.8 Å².